The topological polar surface area (TPSA) is 63.0 Å². The summed E-state index contributed by atoms with van der Waals surface area (Å²) < 4.78 is 13.3. The summed E-state index contributed by atoms with van der Waals surface area (Å²) in [5.41, 5.74) is 12.2. The molecule has 4 nitrogen and oxygen atoms in total. The number of hydrogen-bond acceptors (Lipinski definition) is 4. The standard InChI is InChI=1S/C42H32N2O2/c1-24(2)33-22-34-29-13-8-9-16-36(29)45-42(34)37(25(3)4)39(33)27-19-20-44-35(21-27)32-15-10-14-30-31-18-17-28(23-43)38(41(31)46-40(30)32)26-11-6-5-7-12-26/h5-22,24-25H,1-4H3. The molecule has 0 atom stereocenters. The number of rotatable bonds is 5. The first-order valence-corrected chi connectivity index (χ1v) is 15.8. The maximum Gasteiger partial charge on any atom is 0.144 e. The molecule has 0 spiro atoms. The van der Waals surface area contributed by atoms with Crippen LogP contribution in [0.2, 0.25) is 0 Å². The summed E-state index contributed by atoms with van der Waals surface area (Å²) in [6, 6.07) is 37.4. The van der Waals surface area contributed by atoms with Crippen molar-refractivity contribution in [2.75, 3.05) is 0 Å². The van der Waals surface area contributed by atoms with Crippen LogP contribution in [0, 0.1) is 11.3 Å². The predicted molar refractivity (Wildman–Crippen MR) is 188 cm³/mol. The molecule has 4 heteroatoms. The van der Waals surface area contributed by atoms with Gasteiger partial charge in [-0.1, -0.05) is 88.4 Å². The van der Waals surface area contributed by atoms with Crippen molar-refractivity contribution < 1.29 is 8.83 Å². The molecule has 3 heterocycles. The van der Waals surface area contributed by atoms with Crippen molar-refractivity contribution in [1.29, 1.82) is 5.26 Å². The Bertz CT molecular complexity index is 2490. The van der Waals surface area contributed by atoms with Gasteiger partial charge in [-0.15, -0.1) is 0 Å². The molecule has 0 fully saturated rings. The highest BCUT2D eigenvalue weighted by atomic mass is 16.3. The van der Waals surface area contributed by atoms with Crippen molar-refractivity contribution >= 4 is 43.9 Å². The Balaban J connectivity index is 1.38. The van der Waals surface area contributed by atoms with Gasteiger partial charge in [-0.2, -0.15) is 5.26 Å². The van der Waals surface area contributed by atoms with Gasteiger partial charge in [0.15, 0.2) is 0 Å². The first-order chi connectivity index (χ1) is 22.4. The zero-order valence-electron chi connectivity index (χ0n) is 26.3. The van der Waals surface area contributed by atoms with E-state index in [0.29, 0.717) is 17.1 Å². The zero-order valence-corrected chi connectivity index (χ0v) is 26.3. The normalized spacial score (nSPS) is 11.8. The molecular formula is C42H32N2O2. The maximum atomic E-state index is 10.0. The minimum atomic E-state index is 0.234. The number of aromatic nitrogens is 1. The molecule has 222 valence electrons. The minimum Gasteiger partial charge on any atom is -0.456 e. The van der Waals surface area contributed by atoms with Gasteiger partial charge in [-0.25, -0.2) is 0 Å². The van der Waals surface area contributed by atoms with Crippen molar-refractivity contribution in [3.63, 3.8) is 0 Å². The van der Waals surface area contributed by atoms with Crippen LogP contribution < -0.4 is 0 Å². The van der Waals surface area contributed by atoms with E-state index in [2.05, 4.69) is 88.4 Å². The molecule has 0 aliphatic rings. The Morgan fingerprint density at radius 1 is 0.609 bits per heavy atom. The molecule has 0 amide bonds. The van der Waals surface area contributed by atoms with E-state index in [4.69, 9.17) is 13.8 Å². The second-order valence-corrected chi connectivity index (χ2v) is 12.6. The molecule has 0 aliphatic carbocycles. The third-order valence-corrected chi connectivity index (χ3v) is 9.11. The number of fused-ring (bicyclic) bond motifs is 6. The van der Waals surface area contributed by atoms with Crippen LogP contribution in [-0.4, -0.2) is 4.98 Å². The fraction of sp³-hybridized carbons (Fsp3) is 0.143. The van der Waals surface area contributed by atoms with Crippen LogP contribution in [0.25, 0.3) is 77.4 Å². The summed E-state index contributed by atoms with van der Waals surface area (Å²) in [5, 5.41) is 14.3. The second kappa shape index (κ2) is 10.8. The lowest BCUT2D eigenvalue weighted by Gasteiger charge is -2.21. The summed E-state index contributed by atoms with van der Waals surface area (Å²) in [6.07, 6.45) is 1.90. The van der Waals surface area contributed by atoms with Crippen LogP contribution in [0.3, 0.4) is 0 Å². The number of nitrogens with zero attached hydrogens (tertiary/aromatic N) is 2. The second-order valence-electron chi connectivity index (χ2n) is 12.6. The van der Waals surface area contributed by atoms with Crippen molar-refractivity contribution in [2.45, 2.75) is 39.5 Å². The fourth-order valence-electron chi connectivity index (χ4n) is 7.02. The Morgan fingerprint density at radius 3 is 2.15 bits per heavy atom. The van der Waals surface area contributed by atoms with E-state index in [-0.39, 0.29) is 5.92 Å². The van der Waals surface area contributed by atoms with Crippen LogP contribution in [0.1, 0.15) is 56.2 Å². The smallest absolute Gasteiger partial charge is 0.144 e. The van der Waals surface area contributed by atoms with E-state index >= 15 is 0 Å². The molecule has 0 saturated heterocycles. The molecule has 8 aromatic rings. The molecular weight excluding hydrogens is 564 g/mol. The highest BCUT2D eigenvalue weighted by molar-refractivity contribution is 6.14. The number of hydrogen-bond donors (Lipinski definition) is 0. The van der Waals surface area contributed by atoms with Crippen LogP contribution in [-0.2, 0) is 0 Å². The van der Waals surface area contributed by atoms with E-state index in [1.807, 2.05) is 54.7 Å². The van der Waals surface area contributed by atoms with Crippen LogP contribution in [0.15, 0.2) is 118 Å². The molecule has 3 aromatic heterocycles. The van der Waals surface area contributed by atoms with Gasteiger partial charge in [0.1, 0.15) is 22.3 Å². The van der Waals surface area contributed by atoms with Gasteiger partial charge >= 0.3 is 0 Å². The predicted octanol–water partition coefficient (Wildman–Crippen LogP) is 12.0. The summed E-state index contributed by atoms with van der Waals surface area (Å²) in [4.78, 5) is 4.88. The third kappa shape index (κ3) is 4.24. The van der Waals surface area contributed by atoms with Gasteiger partial charge < -0.3 is 8.83 Å². The highest BCUT2D eigenvalue weighted by Crippen LogP contribution is 2.46. The third-order valence-electron chi connectivity index (χ3n) is 9.11. The molecule has 46 heavy (non-hydrogen) atoms. The van der Waals surface area contributed by atoms with Crippen LogP contribution in [0.5, 0.6) is 0 Å². The van der Waals surface area contributed by atoms with Gasteiger partial charge in [0.2, 0.25) is 0 Å². The monoisotopic (exact) mass is 596 g/mol. The number of para-hydroxylation sites is 2. The van der Waals surface area contributed by atoms with Crippen molar-refractivity contribution in [2.24, 2.45) is 0 Å². The lowest BCUT2D eigenvalue weighted by Crippen LogP contribution is -2.01. The number of pyridine rings is 1. The van der Waals surface area contributed by atoms with Crippen molar-refractivity contribution in [3.8, 4) is 39.6 Å². The first-order valence-electron chi connectivity index (χ1n) is 15.8. The molecule has 0 N–H and O–H groups in total. The van der Waals surface area contributed by atoms with Crippen LogP contribution in [0.4, 0.5) is 0 Å². The van der Waals surface area contributed by atoms with Gasteiger partial charge in [0.05, 0.1) is 17.3 Å². The van der Waals surface area contributed by atoms with Gasteiger partial charge in [-0.05, 0) is 76.6 Å². The zero-order chi connectivity index (χ0) is 31.5. The summed E-state index contributed by atoms with van der Waals surface area (Å²) in [6.45, 7) is 9.00. The molecule has 0 bridgehead atoms. The molecule has 5 aromatic carbocycles. The summed E-state index contributed by atoms with van der Waals surface area (Å²) in [5.74, 6) is 0.532. The van der Waals surface area contributed by atoms with E-state index in [1.54, 1.807) is 0 Å². The Kier molecular flexibility index (Phi) is 6.51. The fourth-order valence-corrected chi connectivity index (χ4v) is 7.02. The van der Waals surface area contributed by atoms with Gasteiger partial charge in [-0.3, -0.25) is 4.98 Å². The van der Waals surface area contributed by atoms with Gasteiger partial charge in [0, 0.05) is 44.4 Å². The van der Waals surface area contributed by atoms with E-state index in [1.165, 1.54) is 22.1 Å². The van der Waals surface area contributed by atoms with E-state index in [9.17, 15) is 5.26 Å². The maximum absolute atomic E-state index is 10.0. The molecule has 8 rings (SSSR count). The van der Waals surface area contributed by atoms with E-state index in [0.717, 1.165) is 60.9 Å². The Labute approximate surface area is 267 Å². The molecule has 0 aliphatic heterocycles. The molecule has 0 unspecified atom stereocenters. The largest absolute Gasteiger partial charge is 0.456 e. The summed E-state index contributed by atoms with van der Waals surface area (Å²) >= 11 is 0. The molecule has 0 radical (unpaired) electrons. The first kappa shape index (κ1) is 27.9. The average Bonchev–Trinajstić information content (AvgIpc) is 3.65. The number of furan rings is 2. The number of benzene rings is 5. The number of nitriles is 1. The van der Waals surface area contributed by atoms with Crippen molar-refractivity contribution in [3.05, 3.63) is 126 Å². The van der Waals surface area contributed by atoms with E-state index < -0.39 is 0 Å². The Hall–Kier alpha value is -5.66. The lowest BCUT2D eigenvalue weighted by molar-refractivity contribution is 0.656. The minimum absolute atomic E-state index is 0.234. The molecule has 0 saturated carbocycles. The average molecular weight is 597 g/mol. The highest BCUT2D eigenvalue weighted by Gasteiger charge is 2.24. The Morgan fingerprint density at radius 2 is 1.37 bits per heavy atom. The van der Waals surface area contributed by atoms with Crippen LogP contribution >= 0.6 is 0 Å². The summed E-state index contributed by atoms with van der Waals surface area (Å²) in [7, 11) is 0. The quantitative estimate of drug-likeness (QED) is 0.198. The van der Waals surface area contributed by atoms with Crippen molar-refractivity contribution in [1.82, 2.24) is 4.98 Å². The lowest BCUT2D eigenvalue weighted by atomic mass is 9.83. The SMILES string of the molecule is CC(C)c1cc2c(oc3ccccc32)c(C(C)C)c1-c1ccnc(-c2cccc3c2oc2c(-c4ccccc4)c(C#N)ccc23)c1. The van der Waals surface area contributed by atoms with Gasteiger partial charge in [0.25, 0.3) is 0 Å².